The third-order valence-electron chi connectivity index (χ3n) is 3.83. The Labute approximate surface area is 132 Å². The highest BCUT2D eigenvalue weighted by atomic mass is 16.6. The van der Waals surface area contributed by atoms with E-state index in [0.29, 0.717) is 6.54 Å². The lowest BCUT2D eigenvalue weighted by Gasteiger charge is -2.35. The summed E-state index contributed by atoms with van der Waals surface area (Å²) in [4.78, 5) is 18.8. The lowest BCUT2D eigenvalue weighted by atomic mass is 9.94. The first kappa shape index (κ1) is 16.7. The number of nitrogens with zero attached hydrogens (tertiary/aromatic N) is 2. The summed E-state index contributed by atoms with van der Waals surface area (Å²) in [5.74, 6) is 0. The zero-order valence-electron chi connectivity index (χ0n) is 13.8. The van der Waals surface area contributed by atoms with E-state index in [1.54, 1.807) is 11.1 Å². The van der Waals surface area contributed by atoms with E-state index in [-0.39, 0.29) is 12.1 Å². The van der Waals surface area contributed by atoms with Gasteiger partial charge in [0.15, 0.2) is 0 Å². The van der Waals surface area contributed by atoms with Crippen LogP contribution in [0.5, 0.6) is 0 Å². The molecule has 1 fully saturated rings. The SMILES string of the molecule is CC(C)(C)OC(=O)N(c1ccc(CN)nc1)C1CCCCC1. The van der Waals surface area contributed by atoms with E-state index < -0.39 is 5.60 Å². The van der Waals surface area contributed by atoms with Crippen molar-refractivity contribution in [2.75, 3.05) is 4.90 Å². The molecule has 1 aliphatic carbocycles. The third-order valence-corrected chi connectivity index (χ3v) is 3.83. The molecule has 1 heterocycles. The second kappa shape index (κ2) is 7.09. The normalized spacial score (nSPS) is 16.4. The molecule has 0 saturated heterocycles. The number of ether oxygens (including phenoxy) is 1. The maximum absolute atomic E-state index is 12.7. The number of pyridine rings is 1. The number of carbonyl (C=O) groups excluding carboxylic acids is 1. The van der Waals surface area contributed by atoms with Crippen molar-refractivity contribution in [2.24, 2.45) is 5.73 Å². The summed E-state index contributed by atoms with van der Waals surface area (Å²) in [6.45, 7) is 6.06. The van der Waals surface area contributed by atoms with Crippen LogP contribution in [0.3, 0.4) is 0 Å². The molecule has 1 aliphatic rings. The van der Waals surface area contributed by atoms with Gasteiger partial charge >= 0.3 is 6.09 Å². The Bertz CT molecular complexity index is 488. The molecule has 0 aliphatic heterocycles. The van der Waals surface area contributed by atoms with Gasteiger partial charge in [-0.15, -0.1) is 0 Å². The Hall–Kier alpha value is -1.62. The van der Waals surface area contributed by atoms with Crippen LogP contribution in [-0.4, -0.2) is 22.7 Å². The smallest absolute Gasteiger partial charge is 0.415 e. The van der Waals surface area contributed by atoms with Gasteiger partial charge < -0.3 is 10.5 Å². The van der Waals surface area contributed by atoms with Gasteiger partial charge in [-0.1, -0.05) is 19.3 Å². The van der Waals surface area contributed by atoms with E-state index in [1.165, 1.54) is 6.42 Å². The fourth-order valence-electron chi connectivity index (χ4n) is 2.80. The number of hydrogen-bond donors (Lipinski definition) is 1. The average molecular weight is 305 g/mol. The number of aromatic nitrogens is 1. The molecule has 2 rings (SSSR count). The van der Waals surface area contributed by atoms with Gasteiger partial charge in [-0.2, -0.15) is 0 Å². The van der Waals surface area contributed by atoms with Crippen LogP contribution in [0.1, 0.15) is 58.6 Å². The number of nitrogens with two attached hydrogens (primary N) is 1. The van der Waals surface area contributed by atoms with Gasteiger partial charge in [-0.3, -0.25) is 9.88 Å². The van der Waals surface area contributed by atoms with Crippen molar-refractivity contribution < 1.29 is 9.53 Å². The molecule has 1 aromatic heterocycles. The van der Waals surface area contributed by atoms with Gasteiger partial charge in [0, 0.05) is 12.6 Å². The first-order chi connectivity index (χ1) is 10.4. The average Bonchev–Trinajstić information content (AvgIpc) is 2.47. The summed E-state index contributed by atoms with van der Waals surface area (Å²) in [7, 11) is 0. The molecular formula is C17H27N3O2. The second-order valence-electron chi connectivity index (χ2n) is 6.85. The summed E-state index contributed by atoms with van der Waals surface area (Å²) in [5, 5.41) is 0. The van der Waals surface area contributed by atoms with E-state index in [9.17, 15) is 4.79 Å². The first-order valence-corrected chi connectivity index (χ1v) is 8.08. The summed E-state index contributed by atoms with van der Waals surface area (Å²) >= 11 is 0. The molecular weight excluding hydrogens is 278 g/mol. The van der Waals surface area contributed by atoms with Gasteiger partial charge in [0.05, 0.1) is 17.6 Å². The molecule has 0 radical (unpaired) electrons. The predicted octanol–water partition coefficient (Wildman–Crippen LogP) is 3.61. The Balaban J connectivity index is 2.24. The van der Waals surface area contributed by atoms with Crippen molar-refractivity contribution in [3.8, 4) is 0 Å². The molecule has 5 nitrogen and oxygen atoms in total. The predicted molar refractivity (Wildman–Crippen MR) is 87.7 cm³/mol. The minimum Gasteiger partial charge on any atom is -0.443 e. The van der Waals surface area contributed by atoms with Crippen molar-refractivity contribution in [3.05, 3.63) is 24.0 Å². The molecule has 0 aromatic carbocycles. The van der Waals surface area contributed by atoms with Gasteiger partial charge in [0.1, 0.15) is 5.60 Å². The molecule has 0 spiro atoms. The summed E-state index contributed by atoms with van der Waals surface area (Å²) in [6, 6.07) is 3.97. The van der Waals surface area contributed by atoms with E-state index in [4.69, 9.17) is 10.5 Å². The van der Waals surface area contributed by atoms with Crippen molar-refractivity contribution in [2.45, 2.75) is 71.1 Å². The van der Waals surface area contributed by atoms with Gasteiger partial charge in [0.25, 0.3) is 0 Å². The van der Waals surface area contributed by atoms with E-state index in [1.807, 2.05) is 32.9 Å². The fraction of sp³-hybridized carbons (Fsp3) is 0.647. The minimum absolute atomic E-state index is 0.189. The summed E-state index contributed by atoms with van der Waals surface area (Å²) in [5.41, 5.74) is 6.70. The van der Waals surface area contributed by atoms with Crippen molar-refractivity contribution in [1.82, 2.24) is 4.98 Å². The Morgan fingerprint density at radius 3 is 2.50 bits per heavy atom. The largest absolute Gasteiger partial charge is 0.443 e. The number of carbonyl (C=O) groups is 1. The third kappa shape index (κ3) is 4.44. The summed E-state index contributed by atoms with van der Waals surface area (Å²) in [6.07, 6.45) is 7.00. The molecule has 122 valence electrons. The second-order valence-corrected chi connectivity index (χ2v) is 6.85. The van der Waals surface area contributed by atoms with Gasteiger partial charge in [-0.25, -0.2) is 4.79 Å². The standard InChI is InChI=1S/C17H27N3O2/c1-17(2,3)22-16(21)20(14-7-5-4-6-8-14)15-10-9-13(11-18)19-12-15/h9-10,12,14H,4-8,11,18H2,1-3H3. The number of rotatable bonds is 3. The number of amides is 1. The van der Waals surface area contributed by atoms with Crippen LogP contribution in [0.15, 0.2) is 18.3 Å². The van der Waals surface area contributed by atoms with Crippen LogP contribution in [-0.2, 0) is 11.3 Å². The van der Waals surface area contributed by atoms with Crippen LogP contribution in [0.25, 0.3) is 0 Å². The molecule has 1 aromatic rings. The maximum atomic E-state index is 12.7. The molecule has 1 saturated carbocycles. The number of hydrogen-bond acceptors (Lipinski definition) is 4. The van der Waals surface area contributed by atoms with Crippen LogP contribution >= 0.6 is 0 Å². The molecule has 22 heavy (non-hydrogen) atoms. The molecule has 0 unspecified atom stereocenters. The topological polar surface area (TPSA) is 68.5 Å². The van der Waals surface area contributed by atoms with E-state index >= 15 is 0 Å². The zero-order valence-corrected chi connectivity index (χ0v) is 13.8. The van der Waals surface area contributed by atoms with Crippen molar-refractivity contribution in [3.63, 3.8) is 0 Å². The van der Waals surface area contributed by atoms with E-state index in [0.717, 1.165) is 37.1 Å². The van der Waals surface area contributed by atoms with Gasteiger partial charge in [-0.05, 0) is 45.7 Å². The molecule has 5 heteroatoms. The van der Waals surface area contributed by atoms with Crippen LogP contribution < -0.4 is 10.6 Å². The van der Waals surface area contributed by atoms with E-state index in [2.05, 4.69) is 4.98 Å². The minimum atomic E-state index is -0.505. The van der Waals surface area contributed by atoms with Crippen LogP contribution in [0, 0.1) is 0 Å². The lowest BCUT2D eigenvalue weighted by Crippen LogP contribution is -2.44. The van der Waals surface area contributed by atoms with Gasteiger partial charge in [0.2, 0.25) is 0 Å². The molecule has 0 atom stereocenters. The molecule has 2 N–H and O–H groups in total. The Kier molecular flexibility index (Phi) is 5.40. The quantitative estimate of drug-likeness (QED) is 0.926. The lowest BCUT2D eigenvalue weighted by molar-refractivity contribution is 0.0558. The summed E-state index contributed by atoms with van der Waals surface area (Å²) < 4.78 is 5.60. The maximum Gasteiger partial charge on any atom is 0.415 e. The van der Waals surface area contributed by atoms with Crippen LogP contribution in [0.2, 0.25) is 0 Å². The van der Waals surface area contributed by atoms with Crippen molar-refractivity contribution in [1.29, 1.82) is 0 Å². The highest BCUT2D eigenvalue weighted by Crippen LogP contribution is 2.28. The highest BCUT2D eigenvalue weighted by Gasteiger charge is 2.30. The Morgan fingerprint density at radius 2 is 2.00 bits per heavy atom. The first-order valence-electron chi connectivity index (χ1n) is 8.08. The van der Waals surface area contributed by atoms with Crippen LogP contribution in [0.4, 0.5) is 10.5 Å². The zero-order chi connectivity index (χ0) is 16.2. The number of anilines is 1. The highest BCUT2D eigenvalue weighted by molar-refractivity contribution is 5.88. The molecule has 0 bridgehead atoms. The monoisotopic (exact) mass is 305 g/mol. The van der Waals surface area contributed by atoms with Crippen molar-refractivity contribution >= 4 is 11.8 Å². The Morgan fingerprint density at radius 1 is 1.32 bits per heavy atom. The molecule has 1 amide bonds. The fourth-order valence-corrected chi connectivity index (χ4v) is 2.80.